The van der Waals surface area contributed by atoms with E-state index in [0.29, 0.717) is 16.4 Å². The Balaban J connectivity index is 1.57. The van der Waals surface area contributed by atoms with Gasteiger partial charge in [0.1, 0.15) is 17.4 Å². The fourth-order valence-electron chi connectivity index (χ4n) is 4.09. The van der Waals surface area contributed by atoms with Crippen LogP contribution in [-0.4, -0.2) is 34.2 Å². The van der Waals surface area contributed by atoms with E-state index in [9.17, 15) is 9.50 Å². The number of para-hydroxylation sites is 1. The average molecular weight is 435 g/mol. The molecular formula is C24H20ClFN4O. The van der Waals surface area contributed by atoms with E-state index in [4.69, 9.17) is 11.6 Å². The average Bonchev–Trinajstić information content (AvgIpc) is 3.23. The molecule has 1 unspecified atom stereocenters. The lowest BCUT2D eigenvalue weighted by molar-refractivity contribution is 0.475. The fourth-order valence-corrected chi connectivity index (χ4v) is 4.29. The third-order valence-corrected chi connectivity index (χ3v) is 5.85. The molecule has 1 aromatic heterocycles. The molecule has 0 amide bonds. The number of halogens is 2. The summed E-state index contributed by atoms with van der Waals surface area (Å²) in [4.78, 5) is 9.24. The molecule has 5 nitrogen and oxygen atoms in total. The zero-order valence-corrected chi connectivity index (χ0v) is 17.3. The third-order valence-electron chi connectivity index (χ3n) is 5.62. The van der Waals surface area contributed by atoms with Gasteiger partial charge in [-0.05, 0) is 48.0 Å². The number of aromatic hydroxyl groups is 1. The molecule has 2 heterocycles. The second-order valence-electron chi connectivity index (χ2n) is 7.65. The van der Waals surface area contributed by atoms with E-state index in [1.165, 1.54) is 18.2 Å². The Morgan fingerprint density at radius 1 is 1.00 bits per heavy atom. The van der Waals surface area contributed by atoms with Crippen molar-refractivity contribution in [3.63, 3.8) is 0 Å². The molecule has 4 aromatic rings. The first kappa shape index (κ1) is 19.7. The summed E-state index contributed by atoms with van der Waals surface area (Å²) in [5.41, 5.74) is 2.12. The van der Waals surface area contributed by atoms with Crippen molar-refractivity contribution < 1.29 is 9.50 Å². The van der Waals surface area contributed by atoms with Gasteiger partial charge in [-0.3, -0.25) is 0 Å². The Kier molecular flexibility index (Phi) is 5.18. The number of fused-ring (bicyclic) bond motifs is 1. The van der Waals surface area contributed by atoms with Crippen molar-refractivity contribution in [3.05, 3.63) is 83.1 Å². The van der Waals surface area contributed by atoms with Crippen LogP contribution in [0.2, 0.25) is 5.02 Å². The van der Waals surface area contributed by atoms with E-state index < -0.39 is 5.82 Å². The zero-order valence-electron chi connectivity index (χ0n) is 16.5. The normalized spacial score (nSPS) is 18.4. The summed E-state index contributed by atoms with van der Waals surface area (Å²) < 4.78 is 13.8. The summed E-state index contributed by atoms with van der Waals surface area (Å²) in [6.45, 7) is 1.58. The van der Waals surface area contributed by atoms with Crippen LogP contribution >= 0.6 is 11.6 Å². The maximum Gasteiger partial charge on any atom is 0.165 e. The summed E-state index contributed by atoms with van der Waals surface area (Å²) in [6.07, 6.45) is 0. The first-order valence-corrected chi connectivity index (χ1v) is 10.4. The van der Waals surface area contributed by atoms with E-state index in [-0.39, 0.29) is 29.1 Å². The number of hydrogen-bond acceptors (Lipinski definition) is 5. The van der Waals surface area contributed by atoms with Crippen LogP contribution in [0.3, 0.4) is 0 Å². The Bertz CT molecular complexity index is 1270. The quantitative estimate of drug-likeness (QED) is 0.423. The first-order chi connectivity index (χ1) is 15.1. The van der Waals surface area contributed by atoms with Crippen molar-refractivity contribution in [2.24, 2.45) is 0 Å². The highest BCUT2D eigenvalue weighted by molar-refractivity contribution is 6.30. The topological polar surface area (TPSA) is 70.1 Å². The Morgan fingerprint density at radius 2 is 1.87 bits per heavy atom. The fraction of sp³-hybridized carbons (Fsp3) is 0.167. The van der Waals surface area contributed by atoms with Gasteiger partial charge in [-0.15, -0.1) is 0 Å². The van der Waals surface area contributed by atoms with Gasteiger partial charge in [0.15, 0.2) is 5.82 Å². The van der Waals surface area contributed by atoms with E-state index in [2.05, 4.69) is 26.7 Å². The molecule has 0 spiro atoms. The number of rotatable bonds is 4. The number of aromatic nitrogens is 2. The van der Waals surface area contributed by atoms with Crippen LogP contribution in [0.4, 0.5) is 10.2 Å². The molecule has 7 heteroatoms. The van der Waals surface area contributed by atoms with Crippen molar-refractivity contribution in [1.82, 2.24) is 15.3 Å². The molecule has 156 valence electrons. The monoisotopic (exact) mass is 434 g/mol. The number of nitrogens with one attached hydrogen (secondary N) is 2. The maximum atomic E-state index is 13.8. The van der Waals surface area contributed by atoms with E-state index in [0.717, 1.165) is 24.0 Å². The number of phenols is 1. The number of phenolic OH excluding ortho intramolecular Hbond substituents is 1. The number of benzene rings is 3. The molecule has 0 radical (unpaired) electrons. The second kappa shape index (κ2) is 8.13. The first-order valence-electron chi connectivity index (χ1n) is 10.1. The molecule has 3 aromatic carbocycles. The minimum Gasteiger partial charge on any atom is -0.507 e. The Hall–Kier alpha value is -3.22. The molecule has 0 bridgehead atoms. The van der Waals surface area contributed by atoms with Gasteiger partial charge in [0.2, 0.25) is 0 Å². The summed E-state index contributed by atoms with van der Waals surface area (Å²) in [6, 6.07) is 19.4. The minimum absolute atomic E-state index is 0.0676. The summed E-state index contributed by atoms with van der Waals surface area (Å²) in [7, 11) is 0. The molecule has 0 saturated carbocycles. The molecule has 1 fully saturated rings. The molecule has 2 atom stereocenters. The predicted molar refractivity (Wildman–Crippen MR) is 121 cm³/mol. The van der Waals surface area contributed by atoms with Gasteiger partial charge in [-0.25, -0.2) is 14.4 Å². The van der Waals surface area contributed by atoms with Gasteiger partial charge < -0.3 is 15.7 Å². The summed E-state index contributed by atoms with van der Waals surface area (Å²) >= 11 is 6.21. The van der Waals surface area contributed by atoms with Crippen LogP contribution < -0.4 is 10.6 Å². The van der Waals surface area contributed by atoms with Crippen LogP contribution in [0.1, 0.15) is 11.5 Å². The Labute approximate surface area is 183 Å². The molecule has 5 rings (SSSR count). The standard InChI is InChI=1S/C24H20ClFN4O/c25-15-5-3-4-14(10-15)19-12-27-13-21(19)29-23-17-6-1-2-7-20(17)28-24(30-23)18-11-16(26)8-9-22(18)31/h1-11,19,21,27,31H,12-13H2,(H,28,29,30)/t19-,21?/m0/s1. The number of nitrogens with zero attached hydrogens (tertiary/aromatic N) is 2. The number of anilines is 1. The van der Waals surface area contributed by atoms with Crippen LogP contribution in [0.15, 0.2) is 66.7 Å². The highest BCUT2D eigenvalue weighted by Gasteiger charge is 2.29. The van der Waals surface area contributed by atoms with Crippen LogP contribution in [0, 0.1) is 5.82 Å². The van der Waals surface area contributed by atoms with Gasteiger partial charge >= 0.3 is 0 Å². The third kappa shape index (κ3) is 3.92. The lowest BCUT2D eigenvalue weighted by Gasteiger charge is -2.22. The molecule has 31 heavy (non-hydrogen) atoms. The molecule has 0 aliphatic carbocycles. The number of hydrogen-bond donors (Lipinski definition) is 3. The van der Waals surface area contributed by atoms with Gasteiger partial charge in [0.05, 0.1) is 11.1 Å². The van der Waals surface area contributed by atoms with Crippen molar-refractivity contribution in [2.75, 3.05) is 18.4 Å². The van der Waals surface area contributed by atoms with E-state index in [1.54, 1.807) is 0 Å². The van der Waals surface area contributed by atoms with Crippen molar-refractivity contribution in [1.29, 1.82) is 0 Å². The Morgan fingerprint density at radius 3 is 2.74 bits per heavy atom. The van der Waals surface area contributed by atoms with Gasteiger partial charge in [0, 0.05) is 35.5 Å². The maximum absolute atomic E-state index is 13.8. The molecular weight excluding hydrogens is 415 g/mol. The molecule has 1 saturated heterocycles. The zero-order chi connectivity index (χ0) is 21.4. The summed E-state index contributed by atoms with van der Waals surface area (Å²) in [5, 5.41) is 18.8. The molecule has 3 N–H and O–H groups in total. The van der Waals surface area contributed by atoms with Gasteiger partial charge in [-0.2, -0.15) is 0 Å². The van der Waals surface area contributed by atoms with Gasteiger partial charge in [-0.1, -0.05) is 35.9 Å². The van der Waals surface area contributed by atoms with Crippen molar-refractivity contribution in [2.45, 2.75) is 12.0 Å². The lowest BCUT2D eigenvalue weighted by Crippen LogP contribution is -2.27. The van der Waals surface area contributed by atoms with Crippen LogP contribution in [-0.2, 0) is 0 Å². The predicted octanol–water partition coefficient (Wildman–Crippen LogP) is 4.96. The molecule has 1 aliphatic heterocycles. The summed E-state index contributed by atoms with van der Waals surface area (Å²) in [5.74, 6) is 0.592. The molecule has 1 aliphatic rings. The second-order valence-corrected chi connectivity index (χ2v) is 8.08. The van der Waals surface area contributed by atoms with Crippen LogP contribution in [0.5, 0.6) is 5.75 Å². The largest absolute Gasteiger partial charge is 0.507 e. The smallest absolute Gasteiger partial charge is 0.165 e. The van der Waals surface area contributed by atoms with Crippen molar-refractivity contribution >= 4 is 28.3 Å². The van der Waals surface area contributed by atoms with Crippen LogP contribution in [0.25, 0.3) is 22.3 Å². The SMILES string of the molecule is Oc1ccc(F)cc1-c1nc(NC2CNC[C@H]2c2cccc(Cl)c2)c2ccccc2n1. The van der Waals surface area contributed by atoms with E-state index in [1.807, 2.05) is 42.5 Å². The van der Waals surface area contributed by atoms with E-state index >= 15 is 0 Å². The van der Waals surface area contributed by atoms with Gasteiger partial charge in [0.25, 0.3) is 0 Å². The van der Waals surface area contributed by atoms with Crippen molar-refractivity contribution in [3.8, 4) is 17.1 Å². The highest BCUT2D eigenvalue weighted by Crippen LogP contribution is 2.33. The lowest BCUT2D eigenvalue weighted by atomic mass is 9.94. The minimum atomic E-state index is -0.458. The highest BCUT2D eigenvalue weighted by atomic mass is 35.5.